The molecule has 0 aliphatic rings. The zero-order chi connectivity index (χ0) is 12.1. The van der Waals surface area contributed by atoms with E-state index in [0.29, 0.717) is 17.5 Å². The summed E-state index contributed by atoms with van der Waals surface area (Å²) in [5.41, 5.74) is 0.843. The van der Waals surface area contributed by atoms with Gasteiger partial charge in [0, 0.05) is 12.1 Å². The van der Waals surface area contributed by atoms with Gasteiger partial charge in [-0.2, -0.15) is 4.98 Å². The molecule has 1 aromatic carbocycles. The Hall–Kier alpha value is -2.07. The Balaban J connectivity index is 2.13. The quantitative estimate of drug-likeness (QED) is 0.877. The van der Waals surface area contributed by atoms with Crippen molar-refractivity contribution in [2.75, 3.05) is 7.11 Å². The first-order valence-electron chi connectivity index (χ1n) is 5.20. The molecule has 0 aliphatic carbocycles. The van der Waals surface area contributed by atoms with Crippen LogP contribution in [0.4, 0.5) is 0 Å². The van der Waals surface area contributed by atoms with Crippen molar-refractivity contribution >= 4 is 0 Å². The second-order valence-corrected chi connectivity index (χ2v) is 3.42. The zero-order valence-electron chi connectivity index (χ0n) is 9.46. The number of pyridine rings is 1. The summed E-state index contributed by atoms with van der Waals surface area (Å²) in [5.74, 6) is 1.65. The molecular weight excluding hydrogens is 218 g/mol. The van der Waals surface area contributed by atoms with Crippen molar-refractivity contribution in [1.29, 1.82) is 0 Å². The molecule has 0 saturated heterocycles. The van der Waals surface area contributed by atoms with Crippen LogP contribution in [0.1, 0.15) is 5.56 Å². The first-order valence-corrected chi connectivity index (χ1v) is 5.20. The van der Waals surface area contributed by atoms with Crippen molar-refractivity contribution in [3.8, 4) is 17.5 Å². The molecule has 17 heavy (non-hydrogen) atoms. The highest BCUT2D eigenvalue weighted by Crippen LogP contribution is 2.21. The molecule has 0 unspecified atom stereocenters. The van der Waals surface area contributed by atoms with E-state index in [1.807, 2.05) is 6.07 Å². The van der Waals surface area contributed by atoms with Crippen LogP contribution in [0, 0.1) is 0 Å². The first kappa shape index (κ1) is 11.4. The van der Waals surface area contributed by atoms with Crippen LogP contribution in [0.5, 0.6) is 17.5 Å². The fraction of sp³-hybridized carbons (Fsp3) is 0.154. The lowest BCUT2D eigenvalue weighted by Crippen LogP contribution is -1.91. The molecule has 0 spiro atoms. The highest BCUT2D eigenvalue weighted by Gasteiger charge is 2.00. The Bertz CT molecular complexity index is 482. The Morgan fingerprint density at radius 1 is 1.06 bits per heavy atom. The summed E-state index contributed by atoms with van der Waals surface area (Å²) in [5, 5.41) is 8.92. The molecule has 0 radical (unpaired) electrons. The topological polar surface area (TPSA) is 51.6 Å². The third-order valence-electron chi connectivity index (χ3n) is 2.24. The summed E-state index contributed by atoms with van der Waals surface area (Å²) in [6.07, 6.45) is 0. The lowest BCUT2D eigenvalue weighted by Gasteiger charge is -2.06. The van der Waals surface area contributed by atoms with Gasteiger partial charge in [-0.05, 0) is 17.7 Å². The van der Waals surface area contributed by atoms with Gasteiger partial charge < -0.3 is 14.6 Å². The van der Waals surface area contributed by atoms with Crippen molar-refractivity contribution in [1.82, 2.24) is 4.98 Å². The van der Waals surface area contributed by atoms with Gasteiger partial charge in [-0.25, -0.2) is 0 Å². The smallest absolute Gasteiger partial charge is 0.222 e. The Morgan fingerprint density at radius 3 is 2.41 bits per heavy atom. The van der Waals surface area contributed by atoms with Crippen molar-refractivity contribution in [2.45, 2.75) is 6.61 Å². The molecule has 0 saturated carbocycles. The Morgan fingerprint density at radius 2 is 1.76 bits per heavy atom. The lowest BCUT2D eigenvalue weighted by molar-refractivity contribution is 0.281. The fourth-order valence-corrected chi connectivity index (χ4v) is 1.35. The molecule has 1 N–H and O–H groups in total. The highest BCUT2D eigenvalue weighted by molar-refractivity contribution is 5.31. The highest BCUT2D eigenvalue weighted by atomic mass is 16.5. The molecule has 0 amide bonds. The SMILES string of the molecule is COc1cccc(Oc2ccc(CO)cc2)n1. The van der Waals surface area contributed by atoms with Gasteiger partial charge in [0.05, 0.1) is 13.7 Å². The summed E-state index contributed by atoms with van der Waals surface area (Å²) in [7, 11) is 1.56. The van der Waals surface area contributed by atoms with Crippen LogP contribution in [-0.2, 0) is 6.61 Å². The van der Waals surface area contributed by atoms with Gasteiger partial charge in [0.1, 0.15) is 5.75 Å². The van der Waals surface area contributed by atoms with E-state index in [4.69, 9.17) is 14.6 Å². The molecule has 4 heteroatoms. The van der Waals surface area contributed by atoms with Crippen LogP contribution < -0.4 is 9.47 Å². The molecule has 4 nitrogen and oxygen atoms in total. The Labute approximate surface area is 99.5 Å². The average molecular weight is 231 g/mol. The largest absolute Gasteiger partial charge is 0.481 e. The van der Waals surface area contributed by atoms with Crippen molar-refractivity contribution in [3.05, 3.63) is 48.0 Å². The molecule has 0 aliphatic heterocycles. The summed E-state index contributed by atoms with van der Waals surface area (Å²) < 4.78 is 10.6. The molecule has 88 valence electrons. The number of ether oxygens (including phenoxy) is 2. The molecule has 1 heterocycles. The maximum absolute atomic E-state index is 8.92. The minimum Gasteiger partial charge on any atom is -0.481 e. The zero-order valence-corrected chi connectivity index (χ0v) is 9.46. The third kappa shape index (κ3) is 2.95. The number of hydrogen-bond donors (Lipinski definition) is 1. The van der Waals surface area contributed by atoms with Crippen LogP contribution in [0.25, 0.3) is 0 Å². The van der Waals surface area contributed by atoms with Gasteiger partial charge in [-0.15, -0.1) is 0 Å². The van der Waals surface area contributed by atoms with E-state index in [0.717, 1.165) is 5.56 Å². The van der Waals surface area contributed by atoms with E-state index in [1.54, 1.807) is 43.5 Å². The van der Waals surface area contributed by atoms with Crippen LogP contribution in [0.2, 0.25) is 0 Å². The minimum absolute atomic E-state index is 0.0255. The molecular formula is C13H13NO3. The number of methoxy groups -OCH3 is 1. The maximum Gasteiger partial charge on any atom is 0.222 e. The lowest BCUT2D eigenvalue weighted by atomic mass is 10.2. The number of nitrogens with zero attached hydrogens (tertiary/aromatic N) is 1. The van der Waals surface area contributed by atoms with Crippen molar-refractivity contribution < 1.29 is 14.6 Å². The van der Waals surface area contributed by atoms with E-state index in [9.17, 15) is 0 Å². The number of aromatic nitrogens is 1. The van der Waals surface area contributed by atoms with E-state index in [1.165, 1.54) is 0 Å². The fourth-order valence-electron chi connectivity index (χ4n) is 1.35. The number of aliphatic hydroxyl groups excluding tert-OH is 1. The predicted molar refractivity (Wildman–Crippen MR) is 63.2 cm³/mol. The summed E-state index contributed by atoms with van der Waals surface area (Å²) >= 11 is 0. The molecule has 0 fully saturated rings. The van der Waals surface area contributed by atoms with Crippen LogP contribution in [0.15, 0.2) is 42.5 Å². The summed E-state index contributed by atoms with van der Waals surface area (Å²) in [6.45, 7) is 0.0255. The average Bonchev–Trinajstić information content (AvgIpc) is 2.40. The van der Waals surface area contributed by atoms with Gasteiger partial charge in [0.15, 0.2) is 0 Å². The van der Waals surface area contributed by atoms with E-state index in [2.05, 4.69) is 4.98 Å². The van der Waals surface area contributed by atoms with E-state index >= 15 is 0 Å². The van der Waals surface area contributed by atoms with Crippen LogP contribution in [-0.4, -0.2) is 17.2 Å². The van der Waals surface area contributed by atoms with Crippen LogP contribution in [0.3, 0.4) is 0 Å². The number of rotatable bonds is 4. The van der Waals surface area contributed by atoms with Crippen molar-refractivity contribution in [3.63, 3.8) is 0 Å². The van der Waals surface area contributed by atoms with Gasteiger partial charge in [-0.1, -0.05) is 18.2 Å². The van der Waals surface area contributed by atoms with Gasteiger partial charge in [0.25, 0.3) is 0 Å². The van der Waals surface area contributed by atoms with Crippen LogP contribution >= 0.6 is 0 Å². The van der Waals surface area contributed by atoms with E-state index < -0.39 is 0 Å². The second-order valence-electron chi connectivity index (χ2n) is 3.42. The normalized spacial score (nSPS) is 10.0. The standard InChI is InChI=1S/C13H13NO3/c1-16-12-3-2-4-13(14-12)17-11-7-5-10(9-15)6-8-11/h2-8,15H,9H2,1H3. The molecule has 0 bridgehead atoms. The predicted octanol–water partition coefficient (Wildman–Crippen LogP) is 2.37. The number of hydrogen-bond acceptors (Lipinski definition) is 4. The Kier molecular flexibility index (Phi) is 3.57. The number of benzene rings is 1. The van der Waals surface area contributed by atoms with Crippen molar-refractivity contribution in [2.24, 2.45) is 0 Å². The first-order chi connectivity index (χ1) is 8.31. The van der Waals surface area contributed by atoms with Gasteiger partial charge in [-0.3, -0.25) is 0 Å². The van der Waals surface area contributed by atoms with Gasteiger partial charge in [0.2, 0.25) is 11.8 Å². The second kappa shape index (κ2) is 5.32. The minimum atomic E-state index is 0.0255. The monoisotopic (exact) mass is 231 g/mol. The maximum atomic E-state index is 8.92. The molecule has 0 atom stereocenters. The van der Waals surface area contributed by atoms with E-state index in [-0.39, 0.29) is 6.61 Å². The number of aliphatic hydroxyl groups is 1. The third-order valence-corrected chi connectivity index (χ3v) is 2.24. The summed E-state index contributed by atoms with van der Waals surface area (Å²) in [6, 6.07) is 12.5. The molecule has 2 rings (SSSR count). The molecule has 1 aromatic heterocycles. The summed E-state index contributed by atoms with van der Waals surface area (Å²) in [4.78, 5) is 4.14. The van der Waals surface area contributed by atoms with Gasteiger partial charge >= 0.3 is 0 Å². The molecule has 2 aromatic rings.